The van der Waals surface area contributed by atoms with Crippen LogP contribution in [-0.4, -0.2) is 45.7 Å². The number of H-pyrrole nitrogens is 1. The van der Waals surface area contributed by atoms with Crippen LogP contribution in [0.2, 0.25) is 0 Å². The maximum absolute atomic E-state index is 13.7. The molecule has 0 bridgehead atoms. The van der Waals surface area contributed by atoms with Crippen LogP contribution in [0.5, 0.6) is 0 Å². The van der Waals surface area contributed by atoms with Crippen LogP contribution in [0.4, 0.5) is 0 Å². The third kappa shape index (κ3) is 3.91. The molecule has 1 aromatic heterocycles. The highest BCUT2D eigenvalue weighted by molar-refractivity contribution is 5.97. The number of fused-ring (bicyclic) bond motifs is 4. The molecule has 2 amide bonds. The normalized spacial score (nSPS) is 20.2. The van der Waals surface area contributed by atoms with Gasteiger partial charge in [0.05, 0.1) is 12.6 Å². The Morgan fingerprint density at radius 3 is 2.50 bits per heavy atom. The molecule has 0 radical (unpaired) electrons. The summed E-state index contributed by atoms with van der Waals surface area (Å²) in [6.07, 6.45) is 4.94. The van der Waals surface area contributed by atoms with Gasteiger partial charge in [-0.15, -0.1) is 0 Å². The molecule has 1 N–H and O–H groups in total. The smallest absolute Gasteiger partial charge is 0.246 e. The van der Waals surface area contributed by atoms with E-state index in [-0.39, 0.29) is 24.4 Å². The molecule has 1 saturated heterocycles. The second kappa shape index (κ2) is 9.28. The lowest BCUT2D eigenvalue weighted by molar-refractivity contribution is -0.158. The summed E-state index contributed by atoms with van der Waals surface area (Å²) in [7, 11) is 0. The van der Waals surface area contributed by atoms with Crippen LogP contribution in [-0.2, 0) is 16.0 Å². The van der Waals surface area contributed by atoms with E-state index in [1.54, 1.807) is 4.90 Å². The molecule has 3 heterocycles. The molecule has 178 valence electrons. The number of hydrogen-bond acceptors (Lipinski definition) is 2. The molecule has 1 fully saturated rings. The minimum absolute atomic E-state index is 0.0438. The zero-order valence-corrected chi connectivity index (χ0v) is 20.5. The van der Waals surface area contributed by atoms with Crippen molar-refractivity contribution in [1.29, 1.82) is 0 Å². The Morgan fingerprint density at radius 1 is 1.00 bits per heavy atom. The lowest BCUT2D eigenvalue weighted by Gasteiger charge is -2.47. The molecule has 1 unspecified atom stereocenters. The Bertz CT molecular complexity index is 1190. The molecular weight excluding hydrogens is 422 g/mol. The Kier molecular flexibility index (Phi) is 6.20. The molecule has 2 aromatic carbocycles. The van der Waals surface area contributed by atoms with Gasteiger partial charge in [0.25, 0.3) is 0 Å². The van der Waals surface area contributed by atoms with Gasteiger partial charge in [0.2, 0.25) is 11.8 Å². The van der Waals surface area contributed by atoms with Crippen molar-refractivity contribution in [2.24, 2.45) is 0 Å². The average Bonchev–Trinajstić information content (AvgIpc) is 3.22. The number of para-hydroxylation sites is 1. The minimum atomic E-state index is -0.450. The SMILES string of the molecule is CCCCCCN1CC(=O)N2C(c3ccc(C(C)C)cc3)c3[nH]c4ccccc4c3C[C@@H]2C1=O. The fourth-order valence-electron chi connectivity index (χ4n) is 5.65. The van der Waals surface area contributed by atoms with Gasteiger partial charge < -0.3 is 14.8 Å². The molecular formula is C29H35N3O2. The van der Waals surface area contributed by atoms with Crippen molar-refractivity contribution in [3.05, 3.63) is 70.9 Å². The van der Waals surface area contributed by atoms with E-state index in [1.807, 2.05) is 17.0 Å². The van der Waals surface area contributed by atoms with Gasteiger partial charge in [-0.2, -0.15) is 0 Å². The van der Waals surface area contributed by atoms with E-state index in [1.165, 1.54) is 17.5 Å². The first kappa shape index (κ1) is 22.7. The second-order valence-corrected chi connectivity index (χ2v) is 10.1. The average molecular weight is 458 g/mol. The van der Waals surface area contributed by atoms with Gasteiger partial charge in [-0.3, -0.25) is 9.59 Å². The number of piperazine rings is 1. The number of rotatable bonds is 7. The molecule has 2 aliphatic rings. The molecule has 5 nitrogen and oxygen atoms in total. The Labute approximate surface area is 202 Å². The fraction of sp³-hybridized carbons (Fsp3) is 0.448. The molecule has 34 heavy (non-hydrogen) atoms. The third-order valence-corrected chi connectivity index (χ3v) is 7.54. The highest BCUT2D eigenvalue weighted by Gasteiger charge is 2.48. The number of carbonyl (C=O) groups excluding carboxylic acids is 2. The number of benzene rings is 2. The first-order valence-corrected chi connectivity index (χ1v) is 12.8. The van der Waals surface area contributed by atoms with Crippen LogP contribution in [0.25, 0.3) is 10.9 Å². The lowest BCUT2D eigenvalue weighted by atomic mass is 9.85. The lowest BCUT2D eigenvalue weighted by Crippen LogP contribution is -2.63. The summed E-state index contributed by atoms with van der Waals surface area (Å²) in [5.41, 5.74) is 5.61. The van der Waals surface area contributed by atoms with Gasteiger partial charge in [-0.05, 0) is 35.1 Å². The third-order valence-electron chi connectivity index (χ3n) is 7.54. The van der Waals surface area contributed by atoms with Crippen molar-refractivity contribution in [3.8, 4) is 0 Å². The van der Waals surface area contributed by atoms with Crippen molar-refractivity contribution in [3.63, 3.8) is 0 Å². The van der Waals surface area contributed by atoms with Crippen molar-refractivity contribution < 1.29 is 9.59 Å². The van der Waals surface area contributed by atoms with Gasteiger partial charge in [-0.25, -0.2) is 0 Å². The number of aromatic nitrogens is 1. The highest BCUT2D eigenvalue weighted by Crippen LogP contribution is 2.42. The molecule has 0 spiro atoms. The van der Waals surface area contributed by atoms with E-state index in [0.717, 1.165) is 41.4 Å². The van der Waals surface area contributed by atoms with Crippen molar-refractivity contribution in [1.82, 2.24) is 14.8 Å². The Balaban J connectivity index is 1.55. The molecule has 3 aromatic rings. The van der Waals surface area contributed by atoms with Crippen molar-refractivity contribution >= 4 is 22.7 Å². The first-order chi connectivity index (χ1) is 16.5. The quantitative estimate of drug-likeness (QED) is 0.473. The standard InChI is InChI=1S/C29H35N3O2/c1-4-5-6-9-16-31-18-26(33)32-25(29(31)34)17-23-22-10-7-8-11-24(22)30-27(23)28(32)21-14-12-20(13-15-21)19(2)3/h7-8,10-15,19,25,28,30H,4-6,9,16-18H2,1-3H3/t25-,28?/m1/s1. The van der Waals surface area contributed by atoms with Crippen LogP contribution >= 0.6 is 0 Å². The van der Waals surface area contributed by atoms with Gasteiger partial charge in [0.15, 0.2) is 0 Å². The number of aromatic amines is 1. The predicted molar refractivity (Wildman–Crippen MR) is 136 cm³/mol. The summed E-state index contributed by atoms with van der Waals surface area (Å²) in [6, 6.07) is 16.1. The van der Waals surface area contributed by atoms with E-state index in [2.05, 4.69) is 62.2 Å². The van der Waals surface area contributed by atoms with Crippen LogP contribution in [0, 0.1) is 0 Å². The Hall–Kier alpha value is -3.08. The van der Waals surface area contributed by atoms with Gasteiger partial charge in [-0.1, -0.05) is 82.5 Å². The zero-order valence-electron chi connectivity index (χ0n) is 20.5. The van der Waals surface area contributed by atoms with Crippen molar-refractivity contribution in [2.75, 3.05) is 13.1 Å². The van der Waals surface area contributed by atoms with E-state index in [9.17, 15) is 9.59 Å². The number of hydrogen-bond donors (Lipinski definition) is 1. The molecule has 5 heteroatoms. The first-order valence-electron chi connectivity index (χ1n) is 12.8. The number of carbonyl (C=O) groups is 2. The van der Waals surface area contributed by atoms with Crippen LogP contribution in [0.1, 0.15) is 80.8 Å². The van der Waals surface area contributed by atoms with E-state index in [0.29, 0.717) is 18.9 Å². The second-order valence-electron chi connectivity index (χ2n) is 10.1. The number of amides is 2. The van der Waals surface area contributed by atoms with Crippen LogP contribution in [0.15, 0.2) is 48.5 Å². The maximum atomic E-state index is 13.7. The van der Waals surface area contributed by atoms with E-state index < -0.39 is 6.04 Å². The number of unbranched alkanes of at least 4 members (excludes halogenated alkanes) is 3. The fourth-order valence-corrected chi connectivity index (χ4v) is 5.65. The largest absolute Gasteiger partial charge is 0.356 e. The summed E-state index contributed by atoms with van der Waals surface area (Å²) in [6.45, 7) is 7.40. The minimum Gasteiger partial charge on any atom is -0.356 e. The summed E-state index contributed by atoms with van der Waals surface area (Å²) in [4.78, 5) is 34.5. The molecule has 5 rings (SSSR count). The van der Waals surface area contributed by atoms with Crippen molar-refractivity contribution in [2.45, 2.75) is 70.9 Å². The zero-order chi connectivity index (χ0) is 23.8. The number of nitrogens with one attached hydrogen (secondary N) is 1. The monoisotopic (exact) mass is 457 g/mol. The summed E-state index contributed by atoms with van der Waals surface area (Å²) in [5.74, 6) is 0.578. The van der Waals surface area contributed by atoms with Crippen LogP contribution < -0.4 is 0 Å². The van der Waals surface area contributed by atoms with Gasteiger partial charge in [0.1, 0.15) is 6.04 Å². The molecule has 0 aliphatic carbocycles. The van der Waals surface area contributed by atoms with Crippen LogP contribution in [0.3, 0.4) is 0 Å². The van der Waals surface area contributed by atoms with E-state index in [4.69, 9.17) is 0 Å². The molecule has 2 atom stereocenters. The summed E-state index contributed by atoms with van der Waals surface area (Å²) < 4.78 is 0. The topological polar surface area (TPSA) is 56.4 Å². The molecule has 0 saturated carbocycles. The summed E-state index contributed by atoms with van der Waals surface area (Å²) >= 11 is 0. The predicted octanol–water partition coefficient (Wildman–Crippen LogP) is 5.56. The van der Waals surface area contributed by atoms with Gasteiger partial charge in [0, 0.05) is 29.6 Å². The van der Waals surface area contributed by atoms with E-state index >= 15 is 0 Å². The Morgan fingerprint density at radius 2 is 1.76 bits per heavy atom. The highest BCUT2D eigenvalue weighted by atomic mass is 16.2. The summed E-state index contributed by atoms with van der Waals surface area (Å²) in [5, 5.41) is 1.15. The van der Waals surface area contributed by atoms with Gasteiger partial charge >= 0.3 is 0 Å². The molecule has 2 aliphatic heterocycles. The number of nitrogens with zero attached hydrogens (tertiary/aromatic N) is 2. The maximum Gasteiger partial charge on any atom is 0.246 e.